The molecule has 0 spiro atoms. The standard InChI is InChI=1S/C11H16FN5O2S/c1-14-11(19)8(13)5-15-4-7(12)2-3-9-16-17-10(6-18)20-9/h5-7,15H,2-4,13H2,1H3,(H,14,19)/b8-5-. The monoisotopic (exact) mass is 301 g/mol. The first kappa shape index (κ1) is 16.0. The fraction of sp³-hybridized carbons (Fsp3) is 0.455. The number of nitrogens with zero attached hydrogens (tertiary/aromatic N) is 2. The van der Waals surface area contributed by atoms with E-state index in [9.17, 15) is 14.0 Å². The van der Waals surface area contributed by atoms with Crippen LogP contribution >= 0.6 is 11.3 Å². The second-order valence-corrected chi connectivity index (χ2v) is 4.97. The molecular formula is C11H16FN5O2S. The maximum absolute atomic E-state index is 13.6. The summed E-state index contributed by atoms with van der Waals surface area (Å²) >= 11 is 1.15. The zero-order valence-electron chi connectivity index (χ0n) is 10.9. The van der Waals surface area contributed by atoms with Crippen molar-refractivity contribution in [2.45, 2.75) is 19.0 Å². The van der Waals surface area contributed by atoms with Gasteiger partial charge in [0.05, 0.1) is 0 Å². The fourth-order valence-corrected chi connectivity index (χ4v) is 1.98. The Morgan fingerprint density at radius 2 is 2.30 bits per heavy atom. The Bertz CT molecular complexity index is 491. The molecular weight excluding hydrogens is 285 g/mol. The minimum Gasteiger partial charge on any atom is -0.393 e. The minimum absolute atomic E-state index is 0.0144. The molecule has 0 fully saturated rings. The zero-order chi connectivity index (χ0) is 15.0. The topological polar surface area (TPSA) is 110 Å². The summed E-state index contributed by atoms with van der Waals surface area (Å²) in [6, 6.07) is 0. The Morgan fingerprint density at radius 3 is 2.90 bits per heavy atom. The van der Waals surface area contributed by atoms with Gasteiger partial charge in [-0.1, -0.05) is 11.3 Å². The van der Waals surface area contributed by atoms with Gasteiger partial charge in [-0.3, -0.25) is 9.59 Å². The third kappa shape index (κ3) is 5.31. The maximum atomic E-state index is 13.6. The molecule has 1 aromatic heterocycles. The summed E-state index contributed by atoms with van der Waals surface area (Å²) < 4.78 is 13.6. The van der Waals surface area contributed by atoms with Gasteiger partial charge < -0.3 is 16.4 Å². The highest BCUT2D eigenvalue weighted by molar-refractivity contribution is 7.12. The molecule has 4 N–H and O–H groups in total. The van der Waals surface area contributed by atoms with Gasteiger partial charge in [0.1, 0.15) is 16.9 Å². The third-order valence-electron chi connectivity index (χ3n) is 2.34. The molecule has 1 aromatic rings. The summed E-state index contributed by atoms with van der Waals surface area (Å²) in [5.74, 6) is -0.428. The van der Waals surface area contributed by atoms with Crippen LogP contribution in [-0.2, 0) is 11.2 Å². The van der Waals surface area contributed by atoms with Crippen LogP contribution in [0.4, 0.5) is 4.39 Å². The highest BCUT2D eigenvalue weighted by Gasteiger charge is 2.09. The van der Waals surface area contributed by atoms with E-state index in [2.05, 4.69) is 20.8 Å². The van der Waals surface area contributed by atoms with Crippen LogP contribution in [0.5, 0.6) is 0 Å². The molecule has 1 unspecified atom stereocenters. The van der Waals surface area contributed by atoms with E-state index in [1.807, 2.05) is 0 Å². The molecule has 1 heterocycles. The van der Waals surface area contributed by atoms with Crippen molar-refractivity contribution < 1.29 is 14.0 Å². The Labute approximate surface area is 119 Å². The minimum atomic E-state index is -1.12. The summed E-state index contributed by atoms with van der Waals surface area (Å²) in [5.41, 5.74) is 5.40. The number of likely N-dealkylation sites (N-methyl/N-ethyl adjacent to an activating group) is 1. The van der Waals surface area contributed by atoms with Crippen LogP contribution in [0.3, 0.4) is 0 Å². The van der Waals surface area contributed by atoms with E-state index in [0.717, 1.165) is 11.3 Å². The predicted molar refractivity (Wildman–Crippen MR) is 72.9 cm³/mol. The number of hydrogen-bond acceptors (Lipinski definition) is 7. The number of carbonyl (C=O) groups is 2. The first-order valence-electron chi connectivity index (χ1n) is 5.89. The van der Waals surface area contributed by atoms with Crippen molar-refractivity contribution in [1.82, 2.24) is 20.8 Å². The molecule has 0 aliphatic rings. The SMILES string of the molecule is CNC(=O)/C(N)=C/NCC(F)CCc1nnc(C=O)s1. The van der Waals surface area contributed by atoms with Crippen molar-refractivity contribution in [2.75, 3.05) is 13.6 Å². The Kier molecular flexibility index (Phi) is 6.57. The fourth-order valence-electron chi connectivity index (χ4n) is 1.30. The molecule has 0 radical (unpaired) electrons. The molecule has 20 heavy (non-hydrogen) atoms. The lowest BCUT2D eigenvalue weighted by molar-refractivity contribution is -0.117. The van der Waals surface area contributed by atoms with Gasteiger partial charge in [0.15, 0.2) is 11.3 Å². The van der Waals surface area contributed by atoms with E-state index < -0.39 is 12.1 Å². The van der Waals surface area contributed by atoms with Gasteiger partial charge in [0.2, 0.25) is 0 Å². The number of halogens is 1. The maximum Gasteiger partial charge on any atom is 0.268 e. The second-order valence-electron chi connectivity index (χ2n) is 3.87. The predicted octanol–water partition coefficient (Wildman–Crippen LogP) is -0.243. The molecule has 110 valence electrons. The molecule has 0 bridgehead atoms. The van der Waals surface area contributed by atoms with Crippen LogP contribution in [0.25, 0.3) is 0 Å². The van der Waals surface area contributed by atoms with Crippen LogP contribution in [0.2, 0.25) is 0 Å². The van der Waals surface area contributed by atoms with Gasteiger partial charge in [-0.15, -0.1) is 10.2 Å². The Balaban J connectivity index is 2.28. The molecule has 7 nitrogen and oxygen atoms in total. The number of nitrogens with one attached hydrogen (secondary N) is 2. The molecule has 9 heteroatoms. The molecule has 0 saturated heterocycles. The quantitative estimate of drug-likeness (QED) is 0.451. The Morgan fingerprint density at radius 1 is 1.55 bits per heavy atom. The first-order chi connectivity index (χ1) is 9.56. The van der Waals surface area contributed by atoms with E-state index in [1.165, 1.54) is 13.2 Å². The van der Waals surface area contributed by atoms with Crippen LogP contribution < -0.4 is 16.4 Å². The van der Waals surface area contributed by atoms with Gasteiger partial charge in [-0.25, -0.2) is 4.39 Å². The van der Waals surface area contributed by atoms with Crippen LogP contribution in [0.15, 0.2) is 11.9 Å². The molecule has 1 rings (SSSR count). The number of aryl methyl sites for hydroxylation is 1. The van der Waals surface area contributed by atoms with Gasteiger partial charge in [-0.05, 0) is 6.42 Å². The summed E-state index contributed by atoms with van der Waals surface area (Å²) in [7, 11) is 1.46. The van der Waals surface area contributed by atoms with E-state index in [-0.39, 0.29) is 23.7 Å². The molecule has 1 atom stereocenters. The number of nitrogens with two attached hydrogens (primary N) is 1. The highest BCUT2D eigenvalue weighted by Crippen LogP contribution is 2.11. The average Bonchev–Trinajstić information content (AvgIpc) is 2.92. The number of aromatic nitrogens is 2. The highest BCUT2D eigenvalue weighted by atomic mass is 32.1. The van der Waals surface area contributed by atoms with Crippen molar-refractivity contribution in [1.29, 1.82) is 0 Å². The molecule has 0 saturated carbocycles. The average molecular weight is 301 g/mol. The summed E-state index contributed by atoms with van der Waals surface area (Å²) in [6.07, 6.45) is 1.41. The smallest absolute Gasteiger partial charge is 0.268 e. The summed E-state index contributed by atoms with van der Waals surface area (Å²) in [6.45, 7) is 0.0387. The second kappa shape index (κ2) is 8.20. The molecule has 0 aliphatic carbocycles. The van der Waals surface area contributed by atoms with Crippen molar-refractivity contribution in [2.24, 2.45) is 5.73 Å². The van der Waals surface area contributed by atoms with Crippen molar-refractivity contribution >= 4 is 23.5 Å². The summed E-state index contributed by atoms with van der Waals surface area (Å²) in [4.78, 5) is 21.5. The molecule has 0 aromatic carbocycles. The number of aldehydes is 1. The number of hydrogen-bond donors (Lipinski definition) is 3. The van der Waals surface area contributed by atoms with E-state index in [4.69, 9.17) is 5.73 Å². The van der Waals surface area contributed by atoms with Crippen LogP contribution in [0.1, 0.15) is 21.2 Å². The number of amides is 1. The van der Waals surface area contributed by atoms with Crippen LogP contribution in [0, 0.1) is 0 Å². The number of alkyl halides is 1. The van der Waals surface area contributed by atoms with Gasteiger partial charge >= 0.3 is 0 Å². The van der Waals surface area contributed by atoms with E-state index >= 15 is 0 Å². The zero-order valence-corrected chi connectivity index (χ0v) is 11.7. The van der Waals surface area contributed by atoms with E-state index in [1.54, 1.807) is 0 Å². The number of carbonyl (C=O) groups excluding carboxylic acids is 2. The summed E-state index contributed by atoms with van der Waals surface area (Å²) in [5, 5.41) is 13.3. The van der Waals surface area contributed by atoms with Crippen molar-refractivity contribution in [3.63, 3.8) is 0 Å². The normalized spacial score (nSPS) is 12.8. The molecule has 0 aliphatic heterocycles. The van der Waals surface area contributed by atoms with Crippen molar-refractivity contribution in [3.8, 4) is 0 Å². The van der Waals surface area contributed by atoms with Crippen molar-refractivity contribution in [3.05, 3.63) is 21.9 Å². The van der Waals surface area contributed by atoms with Crippen LogP contribution in [-0.4, -0.2) is 42.2 Å². The third-order valence-corrected chi connectivity index (χ3v) is 3.25. The lowest BCUT2D eigenvalue weighted by Crippen LogP contribution is -2.28. The number of rotatable bonds is 8. The lowest BCUT2D eigenvalue weighted by Gasteiger charge is -2.07. The first-order valence-corrected chi connectivity index (χ1v) is 6.71. The lowest BCUT2D eigenvalue weighted by atomic mass is 10.2. The Hall–Kier alpha value is -2.03. The van der Waals surface area contributed by atoms with E-state index in [0.29, 0.717) is 17.7 Å². The van der Waals surface area contributed by atoms with Gasteiger partial charge in [0, 0.05) is 26.2 Å². The van der Waals surface area contributed by atoms with Gasteiger partial charge in [-0.2, -0.15) is 0 Å². The largest absolute Gasteiger partial charge is 0.393 e. The molecule has 1 amide bonds. The van der Waals surface area contributed by atoms with Gasteiger partial charge in [0.25, 0.3) is 5.91 Å².